The number of nitro groups is 1. The van der Waals surface area contributed by atoms with Crippen LogP contribution >= 0.6 is 0 Å². The van der Waals surface area contributed by atoms with E-state index >= 15 is 0 Å². The lowest BCUT2D eigenvalue weighted by Gasteiger charge is -2.21. The van der Waals surface area contributed by atoms with Gasteiger partial charge in [-0.05, 0) is 18.6 Å². The Morgan fingerprint density at radius 3 is 2.64 bits per heavy atom. The van der Waals surface area contributed by atoms with Crippen LogP contribution in [0.4, 0.5) is 11.4 Å². The molecule has 136 valence electrons. The fourth-order valence-corrected chi connectivity index (χ4v) is 2.79. The van der Waals surface area contributed by atoms with Crippen molar-refractivity contribution in [3.63, 3.8) is 0 Å². The second-order valence-electron chi connectivity index (χ2n) is 5.83. The minimum atomic E-state index is -1.02. The Morgan fingerprint density at radius 2 is 2.08 bits per heavy atom. The van der Waals surface area contributed by atoms with Crippen LogP contribution in [-0.2, 0) is 14.3 Å². The molecule has 0 saturated carbocycles. The summed E-state index contributed by atoms with van der Waals surface area (Å²) >= 11 is 0. The molecule has 0 bridgehead atoms. The zero-order valence-electron chi connectivity index (χ0n) is 13.9. The fourth-order valence-electron chi connectivity index (χ4n) is 2.79. The van der Waals surface area contributed by atoms with Gasteiger partial charge in [-0.1, -0.05) is 0 Å². The number of ether oxygens (including phenoxy) is 1. The van der Waals surface area contributed by atoms with Crippen molar-refractivity contribution in [2.45, 2.75) is 31.4 Å². The van der Waals surface area contributed by atoms with Crippen molar-refractivity contribution in [3.05, 3.63) is 34.4 Å². The van der Waals surface area contributed by atoms with E-state index in [1.807, 2.05) is 0 Å². The molecular formula is C16H21N3O6. The van der Waals surface area contributed by atoms with Crippen molar-refractivity contribution in [3.8, 4) is 0 Å². The molecule has 1 aromatic carbocycles. The van der Waals surface area contributed by atoms with Gasteiger partial charge in [0.15, 0.2) is 0 Å². The summed E-state index contributed by atoms with van der Waals surface area (Å²) in [7, 11) is 1.51. The highest BCUT2D eigenvalue weighted by molar-refractivity contribution is 5.84. The normalized spacial score (nSPS) is 19.6. The Balaban J connectivity index is 1.78. The van der Waals surface area contributed by atoms with Gasteiger partial charge in [0, 0.05) is 50.9 Å². The third kappa shape index (κ3) is 4.90. The van der Waals surface area contributed by atoms with Crippen molar-refractivity contribution in [2.24, 2.45) is 0 Å². The molecule has 1 aromatic rings. The summed E-state index contributed by atoms with van der Waals surface area (Å²) < 4.78 is 5.16. The summed E-state index contributed by atoms with van der Waals surface area (Å²) in [6.07, 6.45) is 0.804. The number of nitro benzene ring substituents is 1. The minimum Gasteiger partial charge on any atom is -0.480 e. The van der Waals surface area contributed by atoms with Gasteiger partial charge in [0.25, 0.3) is 5.69 Å². The SMILES string of the molecule is COC1CC(C(=O)O)N(C(=O)CCCNc2ccc([N+](=O)[O-])cc2)C1. The quantitative estimate of drug-likeness (QED) is 0.413. The van der Waals surface area contributed by atoms with Crippen LogP contribution < -0.4 is 5.32 Å². The molecule has 0 radical (unpaired) electrons. The van der Waals surface area contributed by atoms with Gasteiger partial charge in [0.1, 0.15) is 6.04 Å². The Kier molecular flexibility index (Phi) is 6.29. The number of hydrogen-bond acceptors (Lipinski definition) is 6. The number of rotatable bonds is 8. The van der Waals surface area contributed by atoms with Crippen LogP contribution in [0.3, 0.4) is 0 Å². The molecule has 2 rings (SSSR count). The van der Waals surface area contributed by atoms with Crippen LogP contribution in [-0.4, -0.2) is 59.2 Å². The number of hydrogen-bond donors (Lipinski definition) is 2. The molecule has 9 heteroatoms. The summed E-state index contributed by atoms with van der Waals surface area (Å²) in [6.45, 7) is 0.797. The van der Waals surface area contributed by atoms with Gasteiger partial charge in [-0.3, -0.25) is 14.9 Å². The molecule has 0 aliphatic carbocycles. The van der Waals surface area contributed by atoms with Gasteiger partial charge in [0.2, 0.25) is 5.91 Å². The van der Waals surface area contributed by atoms with Gasteiger partial charge >= 0.3 is 5.97 Å². The smallest absolute Gasteiger partial charge is 0.326 e. The molecule has 2 N–H and O–H groups in total. The molecule has 2 atom stereocenters. The van der Waals surface area contributed by atoms with E-state index in [1.165, 1.54) is 24.1 Å². The lowest BCUT2D eigenvalue weighted by molar-refractivity contribution is -0.384. The molecular weight excluding hydrogens is 330 g/mol. The molecule has 1 heterocycles. The topological polar surface area (TPSA) is 122 Å². The van der Waals surface area contributed by atoms with E-state index in [1.54, 1.807) is 12.1 Å². The second-order valence-corrected chi connectivity index (χ2v) is 5.83. The van der Waals surface area contributed by atoms with Crippen LogP contribution in [0, 0.1) is 10.1 Å². The van der Waals surface area contributed by atoms with E-state index in [0.29, 0.717) is 25.9 Å². The zero-order chi connectivity index (χ0) is 18.4. The summed E-state index contributed by atoms with van der Waals surface area (Å²) in [5.74, 6) is -1.23. The average molecular weight is 351 g/mol. The van der Waals surface area contributed by atoms with Crippen molar-refractivity contribution in [1.82, 2.24) is 4.90 Å². The highest BCUT2D eigenvalue weighted by atomic mass is 16.6. The first kappa shape index (κ1) is 18.7. The number of nitrogens with zero attached hydrogens (tertiary/aromatic N) is 2. The number of anilines is 1. The summed E-state index contributed by atoms with van der Waals surface area (Å²) in [4.78, 5) is 35.0. The minimum absolute atomic E-state index is 0.0159. The number of carboxylic acids is 1. The van der Waals surface area contributed by atoms with Crippen molar-refractivity contribution >= 4 is 23.3 Å². The van der Waals surface area contributed by atoms with E-state index in [4.69, 9.17) is 4.74 Å². The second kappa shape index (κ2) is 8.43. The van der Waals surface area contributed by atoms with Crippen molar-refractivity contribution in [2.75, 3.05) is 25.5 Å². The maximum absolute atomic E-state index is 12.3. The van der Waals surface area contributed by atoms with Crippen LogP contribution in [0.25, 0.3) is 0 Å². The Labute approximate surface area is 144 Å². The molecule has 9 nitrogen and oxygen atoms in total. The first-order valence-corrected chi connectivity index (χ1v) is 7.95. The average Bonchev–Trinajstić information content (AvgIpc) is 3.04. The van der Waals surface area contributed by atoms with Crippen molar-refractivity contribution < 1.29 is 24.4 Å². The Morgan fingerprint density at radius 1 is 1.40 bits per heavy atom. The number of aliphatic carboxylic acids is 1. The summed E-state index contributed by atoms with van der Waals surface area (Å²) in [5.41, 5.74) is 0.740. The number of non-ortho nitro benzene ring substituents is 1. The van der Waals surface area contributed by atoms with E-state index < -0.39 is 16.9 Å². The first-order valence-electron chi connectivity index (χ1n) is 7.95. The Bertz CT molecular complexity index is 633. The number of likely N-dealkylation sites (tertiary alicyclic amines) is 1. The maximum Gasteiger partial charge on any atom is 0.326 e. The zero-order valence-corrected chi connectivity index (χ0v) is 13.9. The number of benzene rings is 1. The van der Waals surface area contributed by atoms with Gasteiger partial charge in [-0.25, -0.2) is 4.79 Å². The standard InChI is InChI=1S/C16H21N3O6/c1-25-13-9-14(16(21)22)18(10-13)15(20)3-2-8-17-11-4-6-12(7-5-11)19(23)24/h4-7,13-14,17H,2-3,8-10H2,1H3,(H,21,22). The number of nitrogens with one attached hydrogen (secondary N) is 1. The third-order valence-electron chi connectivity index (χ3n) is 4.18. The lowest BCUT2D eigenvalue weighted by atomic mass is 10.2. The number of carboxylic acid groups (broad SMARTS) is 1. The molecule has 2 unspecified atom stereocenters. The van der Waals surface area contributed by atoms with Gasteiger partial charge in [-0.2, -0.15) is 0 Å². The molecule has 1 aliphatic rings. The molecule has 25 heavy (non-hydrogen) atoms. The first-order chi connectivity index (χ1) is 11.9. The number of amides is 1. The highest BCUT2D eigenvalue weighted by Crippen LogP contribution is 2.21. The predicted octanol–water partition coefficient (Wildman–Crippen LogP) is 1.49. The van der Waals surface area contributed by atoms with Gasteiger partial charge in [-0.15, -0.1) is 0 Å². The van der Waals surface area contributed by atoms with Crippen molar-refractivity contribution in [1.29, 1.82) is 0 Å². The number of carbonyl (C=O) groups is 2. The van der Waals surface area contributed by atoms with E-state index in [9.17, 15) is 24.8 Å². The van der Waals surface area contributed by atoms with Crippen LogP contribution in [0.2, 0.25) is 0 Å². The highest BCUT2D eigenvalue weighted by Gasteiger charge is 2.39. The Hall–Kier alpha value is -2.68. The van der Waals surface area contributed by atoms with E-state index in [0.717, 1.165) is 5.69 Å². The van der Waals surface area contributed by atoms with Gasteiger partial charge in [0.05, 0.1) is 11.0 Å². The summed E-state index contributed by atoms with van der Waals surface area (Å²) in [6, 6.07) is 5.17. The fraction of sp³-hybridized carbons (Fsp3) is 0.500. The van der Waals surface area contributed by atoms with E-state index in [-0.39, 0.29) is 24.1 Å². The summed E-state index contributed by atoms with van der Waals surface area (Å²) in [5, 5.41) is 22.9. The third-order valence-corrected chi connectivity index (χ3v) is 4.18. The predicted molar refractivity (Wildman–Crippen MR) is 89.4 cm³/mol. The molecule has 0 spiro atoms. The largest absolute Gasteiger partial charge is 0.480 e. The number of methoxy groups -OCH3 is 1. The molecule has 1 aliphatic heterocycles. The molecule has 0 aromatic heterocycles. The van der Waals surface area contributed by atoms with E-state index in [2.05, 4.69) is 5.32 Å². The van der Waals surface area contributed by atoms with Gasteiger partial charge < -0.3 is 20.1 Å². The van der Waals surface area contributed by atoms with Crippen LogP contribution in [0.15, 0.2) is 24.3 Å². The maximum atomic E-state index is 12.3. The monoisotopic (exact) mass is 351 g/mol. The number of carbonyl (C=O) groups excluding carboxylic acids is 1. The molecule has 1 saturated heterocycles. The molecule has 1 fully saturated rings. The lowest BCUT2D eigenvalue weighted by Crippen LogP contribution is -2.40. The van der Waals surface area contributed by atoms with Crippen LogP contribution in [0.1, 0.15) is 19.3 Å². The molecule has 1 amide bonds. The van der Waals surface area contributed by atoms with Crippen LogP contribution in [0.5, 0.6) is 0 Å².